The predicted molar refractivity (Wildman–Crippen MR) is 73.4 cm³/mol. The normalized spacial score (nSPS) is 28.1. The fraction of sp³-hybridized carbons (Fsp3) is 1.00. The molecule has 1 unspecified atom stereocenters. The van der Waals surface area contributed by atoms with Gasteiger partial charge in [-0.2, -0.15) is 0 Å². The summed E-state index contributed by atoms with van der Waals surface area (Å²) >= 11 is 0. The molecule has 0 radical (unpaired) electrons. The summed E-state index contributed by atoms with van der Waals surface area (Å²) in [7, 11) is 0. The number of rotatable bonds is 5. The van der Waals surface area contributed by atoms with Crippen molar-refractivity contribution in [2.24, 2.45) is 5.92 Å². The Hall–Kier alpha value is -0.120. The molecule has 3 nitrogen and oxygen atoms in total. The van der Waals surface area contributed by atoms with Gasteiger partial charge in [-0.3, -0.25) is 4.90 Å². The first kappa shape index (κ1) is 13.3. The Labute approximate surface area is 107 Å². The Morgan fingerprint density at radius 3 is 2.41 bits per heavy atom. The largest absolute Gasteiger partial charge is 0.313 e. The molecule has 3 heteroatoms. The first-order chi connectivity index (χ1) is 8.24. The average Bonchev–Trinajstić information content (AvgIpc) is 2.81. The molecule has 0 aromatic carbocycles. The molecule has 2 aliphatic rings. The fourth-order valence-electron chi connectivity index (χ4n) is 2.86. The third kappa shape index (κ3) is 4.57. The minimum absolute atomic E-state index is 0.775. The van der Waals surface area contributed by atoms with Gasteiger partial charge in [0.05, 0.1) is 0 Å². The lowest BCUT2D eigenvalue weighted by Gasteiger charge is -2.36. The molecule has 2 aliphatic heterocycles. The van der Waals surface area contributed by atoms with Gasteiger partial charge in [-0.05, 0) is 38.3 Å². The van der Waals surface area contributed by atoms with Gasteiger partial charge in [0.25, 0.3) is 0 Å². The first-order valence-corrected chi connectivity index (χ1v) is 7.42. The Morgan fingerprint density at radius 1 is 1.12 bits per heavy atom. The van der Waals surface area contributed by atoms with E-state index in [9.17, 15) is 0 Å². The minimum atomic E-state index is 0.775. The second-order valence-corrected chi connectivity index (χ2v) is 6.12. The van der Waals surface area contributed by atoms with Gasteiger partial charge in [0.2, 0.25) is 0 Å². The van der Waals surface area contributed by atoms with Crippen LogP contribution in [0.5, 0.6) is 0 Å². The Kier molecular flexibility index (Phi) is 5.26. The molecule has 1 N–H and O–H groups in total. The van der Waals surface area contributed by atoms with Crippen LogP contribution in [0.1, 0.15) is 33.1 Å². The molecule has 17 heavy (non-hydrogen) atoms. The summed E-state index contributed by atoms with van der Waals surface area (Å²) in [5.74, 6) is 0.843. The van der Waals surface area contributed by atoms with Crippen LogP contribution in [0, 0.1) is 5.92 Å². The maximum absolute atomic E-state index is 3.60. The molecule has 2 saturated heterocycles. The fourth-order valence-corrected chi connectivity index (χ4v) is 2.86. The van der Waals surface area contributed by atoms with Gasteiger partial charge in [-0.25, -0.2) is 0 Å². The molecular weight excluding hydrogens is 210 g/mol. The minimum Gasteiger partial charge on any atom is -0.313 e. The van der Waals surface area contributed by atoms with E-state index in [1.165, 1.54) is 65.1 Å². The number of piperazine rings is 1. The molecule has 100 valence electrons. The van der Waals surface area contributed by atoms with Crippen LogP contribution in [0.2, 0.25) is 0 Å². The maximum Gasteiger partial charge on any atom is 0.0195 e. The van der Waals surface area contributed by atoms with E-state index >= 15 is 0 Å². The van der Waals surface area contributed by atoms with Crippen molar-refractivity contribution in [3.63, 3.8) is 0 Å². The van der Waals surface area contributed by atoms with Crippen LogP contribution < -0.4 is 5.32 Å². The van der Waals surface area contributed by atoms with Crippen LogP contribution in [-0.4, -0.2) is 61.7 Å². The molecule has 0 saturated carbocycles. The zero-order valence-corrected chi connectivity index (χ0v) is 11.6. The van der Waals surface area contributed by atoms with Gasteiger partial charge >= 0.3 is 0 Å². The quantitative estimate of drug-likeness (QED) is 0.782. The highest BCUT2D eigenvalue weighted by molar-refractivity contribution is 4.80. The van der Waals surface area contributed by atoms with Crippen molar-refractivity contribution < 1.29 is 0 Å². The van der Waals surface area contributed by atoms with Crippen molar-refractivity contribution in [3.8, 4) is 0 Å². The molecule has 2 fully saturated rings. The van der Waals surface area contributed by atoms with E-state index in [0.29, 0.717) is 0 Å². The summed E-state index contributed by atoms with van der Waals surface area (Å²) in [6.07, 6.45) is 4.11. The Balaban J connectivity index is 1.60. The van der Waals surface area contributed by atoms with Crippen molar-refractivity contribution >= 4 is 0 Å². The topological polar surface area (TPSA) is 18.5 Å². The van der Waals surface area contributed by atoms with Crippen LogP contribution in [0.4, 0.5) is 0 Å². The van der Waals surface area contributed by atoms with E-state index in [0.717, 1.165) is 12.0 Å². The smallest absolute Gasteiger partial charge is 0.0195 e. The predicted octanol–water partition coefficient (Wildman–Crippen LogP) is 1.40. The molecule has 0 bridgehead atoms. The second-order valence-electron chi connectivity index (χ2n) is 6.12. The zero-order chi connectivity index (χ0) is 12.1. The average molecular weight is 239 g/mol. The number of nitrogens with one attached hydrogen (secondary N) is 1. The monoisotopic (exact) mass is 239 g/mol. The van der Waals surface area contributed by atoms with Crippen LogP contribution in [0.25, 0.3) is 0 Å². The van der Waals surface area contributed by atoms with E-state index in [1.807, 2.05) is 0 Å². The van der Waals surface area contributed by atoms with Crippen LogP contribution in [0.15, 0.2) is 0 Å². The summed E-state index contributed by atoms with van der Waals surface area (Å²) in [5, 5.41) is 3.60. The summed E-state index contributed by atoms with van der Waals surface area (Å²) < 4.78 is 0. The van der Waals surface area contributed by atoms with Crippen LogP contribution in [0.3, 0.4) is 0 Å². The third-order valence-corrected chi connectivity index (χ3v) is 4.13. The summed E-state index contributed by atoms with van der Waals surface area (Å²) in [6, 6.07) is 0.775. The van der Waals surface area contributed by atoms with Crippen molar-refractivity contribution in [2.75, 3.05) is 45.8 Å². The first-order valence-electron chi connectivity index (χ1n) is 7.42. The molecule has 1 atom stereocenters. The van der Waals surface area contributed by atoms with Gasteiger partial charge in [-0.15, -0.1) is 0 Å². The molecule has 2 heterocycles. The van der Waals surface area contributed by atoms with Gasteiger partial charge in [0.15, 0.2) is 0 Å². The second kappa shape index (κ2) is 6.72. The molecule has 0 spiro atoms. The van der Waals surface area contributed by atoms with Crippen molar-refractivity contribution in [1.82, 2.24) is 15.1 Å². The molecule has 2 rings (SSSR count). The lowest BCUT2D eigenvalue weighted by atomic mass is 10.1. The number of hydrogen-bond donors (Lipinski definition) is 1. The molecule has 0 aromatic rings. The van der Waals surface area contributed by atoms with Crippen molar-refractivity contribution in [1.29, 1.82) is 0 Å². The summed E-state index contributed by atoms with van der Waals surface area (Å²) in [6.45, 7) is 13.6. The Morgan fingerprint density at radius 2 is 1.82 bits per heavy atom. The Bertz CT molecular complexity index is 204. The van der Waals surface area contributed by atoms with Gasteiger partial charge < -0.3 is 10.2 Å². The van der Waals surface area contributed by atoms with Gasteiger partial charge in [0, 0.05) is 38.8 Å². The maximum atomic E-state index is 3.60. The van der Waals surface area contributed by atoms with Gasteiger partial charge in [-0.1, -0.05) is 13.8 Å². The summed E-state index contributed by atoms with van der Waals surface area (Å²) in [5.41, 5.74) is 0. The van der Waals surface area contributed by atoms with Gasteiger partial charge in [0.1, 0.15) is 0 Å². The SMILES string of the molecule is CC(C)CCN1CCN(CC2CCCN2)CC1. The van der Waals surface area contributed by atoms with E-state index in [-0.39, 0.29) is 0 Å². The highest BCUT2D eigenvalue weighted by Crippen LogP contribution is 2.10. The molecule has 0 aromatic heterocycles. The standard InChI is InChI=1S/C14H29N3/c1-13(2)5-7-16-8-10-17(11-9-16)12-14-4-3-6-15-14/h13-15H,3-12H2,1-2H3. The van der Waals surface area contributed by atoms with Crippen LogP contribution in [-0.2, 0) is 0 Å². The van der Waals surface area contributed by atoms with Crippen molar-refractivity contribution in [3.05, 3.63) is 0 Å². The molecule has 0 aliphatic carbocycles. The lowest BCUT2D eigenvalue weighted by Crippen LogP contribution is -2.49. The number of nitrogens with zero attached hydrogens (tertiary/aromatic N) is 2. The van der Waals surface area contributed by atoms with E-state index in [4.69, 9.17) is 0 Å². The highest BCUT2D eigenvalue weighted by Gasteiger charge is 2.21. The van der Waals surface area contributed by atoms with E-state index in [2.05, 4.69) is 29.0 Å². The third-order valence-electron chi connectivity index (χ3n) is 4.13. The zero-order valence-electron chi connectivity index (χ0n) is 11.6. The van der Waals surface area contributed by atoms with E-state index < -0.39 is 0 Å². The number of hydrogen-bond acceptors (Lipinski definition) is 3. The van der Waals surface area contributed by atoms with Crippen molar-refractivity contribution in [2.45, 2.75) is 39.2 Å². The highest BCUT2D eigenvalue weighted by atomic mass is 15.3. The summed E-state index contributed by atoms with van der Waals surface area (Å²) in [4.78, 5) is 5.29. The lowest BCUT2D eigenvalue weighted by molar-refractivity contribution is 0.121. The molecular formula is C14H29N3. The molecule has 0 amide bonds. The van der Waals surface area contributed by atoms with E-state index in [1.54, 1.807) is 0 Å². The van der Waals surface area contributed by atoms with Crippen LogP contribution >= 0.6 is 0 Å².